The van der Waals surface area contributed by atoms with Gasteiger partial charge in [-0.15, -0.1) is 0 Å². The molecule has 0 saturated carbocycles. The van der Waals surface area contributed by atoms with Gasteiger partial charge in [0.05, 0.1) is 8.07 Å². The van der Waals surface area contributed by atoms with Crippen molar-refractivity contribution in [2.45, 2.75) is 39.0 Å². The van der Waals surface area contributed by atoms with Gasteiger partial charge >= 0.3 is 0 Å². The van der Waals surface area contributed by atoms with Gasteiger partial charge in [0.25, 0.3) is 5.91 Å². The predicted molar refractivity (Wildman–Crippen MR) is 64.6 cm³/mol. The van der Waals surface area contributed by atoms with Gasteiger partial charge in [0, 0.05) is 18.1 Å². The van der Waals surface area contributed by atoms with E-state index in [1.165, 1.54) is 0 Å². The number of aromatic nitrogens is 2. The Labute approximate surface area is 96.6 Å². The number of imidazole rings is 1. The van der Waals surface area contributed by atoms with Crippen LogP contribution in [-0.4, -0.2) is 29.3 Å². The van der Waals surface area contributed by atoms with Gasteiger partial charge in [-0.1, -0.05) is 19.6 Å². The maximum absolute atomic E-state index is 11.0. The summed E-state index contributed by atoms with van der Waals surface area (Å²) in [5.74, 6) is -0.294. The lowest BCUT2D eigenvalue weighted by Gasteiger charge is -2.25. The monoisotopic (exact) mass is 241 g/mol. The molecule has 90 valence electrons. The van der Waals surface area contributed by atoms with Gasteiger partial charge in [0.15, 0.2) is 0 Å². The van der Waals surface area contributed by atoms with Crippen LogP contribution in [0, 0.1) is 0 Å². The largest absolute Gasteiger partial charge is 0.363 e. The van der Waals surface area contributed by atoms with E-state index in [9.17, 15) is 4.79 Å². The lowest BCUT2D eigenvalue weighted by atomic mass is 10.6. The Hall–Kier alpha value is -1.14. The molecule has 0 saturated heterocycles. The Balaban J connectivity index is 2.62. The van der Waals surface area contributed by atoms with Crippen LogP contribution in [0.5, 0.6) is 0 Å². The Morgan fingerprint density at radius 1 is 1.62 bits per heavy atom. The van der Waals surface area contributed by atoms with Crippen molar-refractivity contribution < 1.29 is 9.53 Å². The standard InChI is InChI=1S/C10H19N3O2Si/c1-8(16(2,3)4)15-7-13-6-5-12-10(13)9(11)14/h5-6,8H,7H2,1-4H3,(H2,11,14). The summed E-state index contributed by atoms with van der Waals surface area (Å²) in [5.41, 5.74) is 5.40. The molecule has 1 aromatic heterocycles. The molecular weight excluding hydrogens is 222 g/mol. The molecule has 0 aliphatic carbocycles. The number of rotatable bonds is 5. The molecule has 1 aromatic rings. The van der Waals surface area contributed by atoms with Crippen LogP contribution in [0.1, 0.15) is 17.5 Å². The van der Waals surface area contributed by atoms with Crippen LogP contribution in [0.15, 0.2) is 12.4 Å². The van der Waals surface area contributed by atoms with Crippen molar-refractivity contribution in [1.82, 2.24) is 9.55 Å². The summed E-state index contributed by atoms with van der Waals surface area (Å²) in [4.78, 5) is 14.9. The molecule has 6 heteroatoms. The number of amides is 1. The van der Waals surface area contributed by atoms with Crippen molar-refractivity contribution >= 4 is 14.0 Å². The summed E-state index contributed by atoms with van der Waals surface area (Å²) in [7, 11) is -1.31. The molecule has 1 amide bonds. The fourth-order valence-corrected chi connectivity index (χ4v) is 1.66. The fourth-order valence-electron chi connectivity index (χ4n) is 1.08. The van der Waals surface area contributed by atoms with E-state index in [4.69, 9.17) is 10.5 Å². The summed E-state index contributed by atoms with van der Waals surface area (Å²) in [5, 5.41) is 0. The van der Waals surface area contributed by atoms with E-state index in [0.717, 1.165) is 0 Å². The molecular formula is C10H19N3O2Si. The van der Waals surface area contributed by atoms with Gasteiger partial charge in [-0.05, 0) is 6.92 Å². The zero-order valence-electron chi connectivity index (χ0n) is 10.2. The SMILES string of the molecule is CC(OCn1ccnc1C(N)=O)[Si](C)(C)C. The number of primary amides is 1. The number of ether oxygens (including phenoxy) is 1. The van der Waals surface area contributed by atoms with E-state index in [1.807, 2.05) is 0 Å². The Morgan fingerprint density at radius 2 is 2.25 bits per heavy atom. The van der Waals surface area contributed by atoms with Gasteiger partial charge in [-0.25, -0.2) is 4.98 Å². The van der Waals surface area contributed by atoms with E-state index in [0.29, 0.717) is 6.73 Å². The van der Waals surface area contributed by atoms with Crippen LogP contribution in [0.25, 0.3) is 0 Å². The average molecular weight is 241 g/mol. The molecule has 0 aliphatic rings. The van der Waals surface area contributed by atoms with Crippen LogP contribution >= 0.6 is 0 Å². The molecule has 0 spiro atoms. The van der Waals surface area contributed by atoms with Crippen LogP contribution < -0.4 is 5.73 Å². The van der Waals surface area contributed by atoms with Gasteiger partial charge < -0.3 is 15.0 Å². The van der Waals surface area contributed by atoms with Crippen molar-refractivity contribution in [2.24, 2.45) is 5.73 Å². The summed E-state index contributed by atoms with van der Waals surface area (Å²) < 4.78 is 7.34. The second-order valence-electron chi connectivity index (χ2n) is 4.89. The lowest BCUT2D eigenvalue weighted by Crippen LogP contribution is -2.38. The quantitative estimate of drug-likeness (QED) is 0.788. The van der Waals surface area contributed by atoms with Crippen LogP contribution in [0.3, 0.4) is 0 Å². The molecule has 0 radical (unpaired) electrons. The number of nitrogens with two attached hydrogens (primary N) is 1. The molecule has 0 aromatic carbocycles. The lowest BCUT2D eigenvalue weighted by molar-refractivity contribution is 0.0538. The first-order valence-corrected chi connectivity index (χ1v) is 8.82. The molecule has 0 fully saturated rings. The molecule has 0 bridgehead atoms. The summed E-state index contributed by atoms with van der Waals surface area (Å²) in [6, 6.07) is 0. The highest BCUT2D eigenvalue weighted by Crippen LogP contribution is 2.11. The van der Waals surface area contributed by atoms with Crippen LogP contribution in [-0.2, 0) is 11.5 Å². The number of nitrogens with zero attached hydrogens (tertiary/aromatic N) is 2. The molecule has 2 N–H and O–H groups in total. The molecule has 1 heterocycles. The molecule has 5 nitrogen and oxygen atoms in total. The first kappa shape index (κ1) is 12.9. The first-order chi connectivity index (χ1) is 7.32. The topological polar surface area (TPSA) is 70.1 Å². The Kier molecular flexibility index (Phi) is 3.87. The fraction of sp³-hybridized carbons (Fsp3) is 0.600. The highest BCUT2D eigenvalue weighted by atomic mass is 28.3. The molecule has 16 heavy (non-hydrogen) atoms. The van der Waals surface area contributed by atoms with Gasteiger partial charge in [-0.3, -0.25) is 4.79 Å². The minimum absolute atomic E-state index is 0.218. The van der Waals surface area contributed by atoms with E-state index < -0.39 is 14.0 Å². The summed E-state index contributed by atoms with van der Waals surface area (Å²) in [6.07, 6.45) is 3.24. The maximum atomic E-state index is 11.0. The Bertz CT molecular complexity index is 370. The second kappa shape index (κ2) is 4.79. The van der Waals surface area contributed by atoms with Crippen LogP contribution in [0.2, 0.25) is 19.6 Å². The number of carbonyl (C=O) groups excluding carboxylic acids is 1. The zero-order valence-corrected chi connectivity index (χ0v) is 11.2. The van der Waals surface area contributed by atoms with Crippen molar-refractivity contribution in [1.29, 1.82) is 0 Å². The van der Waals surface area contributed by atoms with Gasteiger partial charge in [0.1, 0.15) is 6.73 Å². The van der Waals surface area contributed by atoms with Gasteiger partial charge in [0.2, 0.25) is 5.82 Å². The normalized spacial score (nSPS) is 13.8. The average Bonchev–Trinajstić information content (AvgIpc) is 2.60. The predicted octanol–water partition coefficient (Wildman–Crippen LogP) is 1.22. The Morgan fingerprint density at radius 3 is 2.75 bits per heavy atom. The van der Waals surface area contributed by atoms with Crippen molar-refractivity contribution in [3.05, 3.63) is 18.2 Å². The highest BCUT2D eigenvalue weighted by Gasteiger charge is 2.23. The third-order valence-corrected chi connectivity index (χ3v) is 5.22. The van der Waals surface area contributed by atoms with Crippen molar-refractivity contribution in [3.8, 4) is 0 Å². The first-order valence-electron chi connectivity index (χ1n) is 5.25. The number of carbonyl (C=O) groups is 1. The van der Waals surface area contributed by atoms with Crippen molar-refractivity contribution in [3.63, 3.8) is 0 Å². The second-order valence-corrected chi connectivity index (χ2v) is 10.4. The molecule has 0 aliphatic heterocycles. The maximum Gasteiger partial charge on any atom is 0.284 e. The van der Waals surface area contributed by atoms with Gasteiger partial charge in [-0.2, -0.15) is 0 Å². The highest BCUT2D eigenvalue weighted by molar-refractivity contribution is 6.77. The summed E-state index contributed by atoms with van der Waals surface area (Å²) >= 11 is 0. The van der Waals surface area contributed by atoms with E-state index in [-0.39, 0.29) is 11.6 Å². The zero-order chi connectivity index (χ0) is 12.3. The van der Waals surface area contributed by atoms with Crippen molar-refractivity contribution in [2.75, 3.05) is 0 Å². The van der Waals surface area contributed by atoms with E-state index in [2.05, 4.69) is 31.5 Å². The van der Waals surface area contributed by atoms with E-state index >= 15 is 0 Å². The minimum Gasteiger partial charge on any atom is -0.363 e. The smallest absolute Gasteiger partial charge is 0.284 e. The van der Waals surface area contributed by atoms with E-state index in [1.54, 1.807) is 17.0 Å². The molecule has 1 atom stereocenters. The number of hydrogen-bond acceptors (Lipinski definition) is 3. The third kappa shape index (κ3) is 3.18. The summed E-state index contributed by atoms with van der Waals surface area (Å²) in [6.45, 7) is 9.10. The molecule has 1 rings (SSSR count). The number of hydrogen-bond donors (Lipinski definition) is 1. The minimum atomic E-state index is -1.31. The third-order valence-electron chi connectivity index (χ3n) is 2.62. The molecule has 1 unspecified atom stereocenters. The van der Waals surface area contributed by atoms with Crippen LogP contribution in [0.4, 0.5) is 0 Å².